The van der Waals surface area contributed by atoms with Gasteiger partial charge in [0.2, 0.25) is 0 Å². The van der Waals surface area contributed by atoms with Crippen LogP contribution in [0.4, 0.5) is 0 Å². The molecule has 1 aliphatic carbocycles. The summed E-state index contributed by atoms with van der Waals surface area (Å²) in [5, 5.41) is 8.80. The van der Waals surface area contributed by atoms with Crippen molar-refractivity contribution < 1.29 is 24.2 Å². The van der Waals surface area contributed by atoms with Gasteiger partial charge in [0.05, 0.1) is 11.8 Å². The second-order valence-corrected chi connectivity index (χ2v) is 3.96. The fraction of sp³-hybridized carbons (Fsp3) is 0.818. The molecule has 1 rings (SSSR count). The zero-order valence-corrected chi connectivity index (χ0v) is 9.48. The number of carbonyl (C=O) groups is 2. The lowest BCUT2D eigenvalue weighted by atomic mass is 9.82. The van der Waals surface area contributed by atoms with Gasteiger partial charge in [0.1, 0.15) is 0 Å². The molecule has 1 aliphatic rings. The Morgan fingerprint density at radius 1 is 1.19 bits per heavy atom. The lowest BCUT2D eigenvalue weighted by Gasteiger charge is -2.24. The lowest BCUT2D eigenvalue weighted by molar-refractivity contribution is -0.163. The molecule has 0 saturated heterocycles. The van der Waals surface area contributed by atoms with Crippen LogP contribution in [0.3, 0.4) is 0 Å². The van der Waals surface area contributed by atoms with Gasteiger partial charge >= 0.3 is 11.9 Å². The van der Waals surface area contributed by atoms with E-state index in [9.17, 15) is 9.59 Å². The van der Waals surface area contributed by atoms with E-state index in [0.717, 1.165) is 0 Å². The van der Waals surface area contributed by atoms with Crippen molar-refractivity contribution in [3.8, 4) is 0 Å². The quantitative estimate of drug-likeness (QED) is 0.439. The van der Waals surface area contributed by atoms with Crippen molar-refractivity contribution >= 4 is 11.9 Å². The first kappa shape index (κ1) is 13.0. The monoisotopic (exact) mass is 230 g/mol. The van der Waals surface area contributed by atoms with Crippen molar-refractivity contribution in [2.75, 3.05) is 13.4 Å². The fourth-order valence-electron chi connectivity index (χ4n) is 1.88. The van der Waals surface area contributed by atoms with Gasteiger partial charge in [0.25, 0.3) is 0 Å². The molecule has 0 aliphatic heterocycles. The summed E-state index contributed by atoms with van der Waals surface area (Å²) in [7, 11) is 0. The van der Waals surface area contributed by atoms with E-state index in [1.165, 1.54) is 0 Å². The minimum Gasteiger partial charge on any atom is -0.481 e. The molecule has 0 aromatic carbocycles. The minimum atomic E-state index is -0.763. The molecular formula is C11H18O5. The van der Waals surface area contributed by atoms with E-state index < -0.39 is 5.97 Å². The number of ether oxygens (including phenoxy) is 2. The Morgan fingerprint density at radius 2 is 1.75 bits per heavy atom. The Hall–Kier alpha value is -1.10. The SMILES string of the molecule is CCOCOC(=O)C1CCC(C(=O)O)CC1. The average molecular weight is 230 g/mol. The van der Waals surface area contributed by atoms with Gasteiger partial charge < -0.3 is 14.6 Å². The Kier molecular flexibility index (Phi) is 5.25. The van der Waals surface area contributed by atoms with Gasteiger partial charge in [-0.15, -0.1) is 0 Å². The number of aliphatic carboxylic acids is 1. The number of esters is 1. The molecule has 0 aromatic heterocycles. The topological polar surface area (TPSA) is 72.8 Å². The third-order valence-corrected chi connectivity index (χ3v) is 2.90. The number of hydrogen-bond acceptors (Lipinski definition) is 4. The standard InChI is InChI=1S/C11H18O5/c1-2-15-7-16-11(14)9-5-3-8(4-6-9)10(12)13/h8-9H,2-7H2,1H3,(H,12,13). The van der Waals surface area contributed by atoms with E-state index in [1.807, 2.05) is 6.92 Å². The normalized spacial score (nSPS) is 25.1. The fourth-order valence-corrected chi connectivity index (χ4v) is 1.88. The Balaban J connectivity index is 2.25. The highest BCUT2D eigenvalue weighted by molar-refractivity contribution is 5.74. The first-order chi connectivity index (χ1) is 7.65. The maximum atomic E-state index is 11.5. The molecule has 0 heterocycles. The maximum absolute atomic E-state index is 11.5. The highest BCUT2D eigenvalue weighted by Gasteiger charge is 2.30. The van der Waals surface area contributed by atoms with Gasteiger partial charge in [-0.2, -0.15) is 0 Å². The van der Waals surface area contributed by atoms with Gasteiger partial charge in [0.15, 0.2) is 6.79 Å². The van der Waals surface area contributed by atoms with Gasteiger partial charge in [-0.25, -0.2) is 0 Å². The van der Waals surface area contributed by atoms with E-state index >= 15 is 0 Å². The predicted octanol–water partition coefficient (Wildman–Crippen LogP) is 1.41. The van der Waals surface area contributed by atoms with Crippen LogP contribution >= 0.6 is 0 Å². The summed E-state index contributed by atoms with van der Waals surface area (Å²) in [4.78, 5) is 22.2. The molecule has 0 spiro atoms. The van der Waals surface area contributed by atoms with Gasteiger partial charge in [0, 0.05) is 6.61 Å². The Labute approximate surface area is 94.7 Å². The van der Waals surface area contributed by atoms with Gasteiger partial charge in [-0.05, 0) is 32.6 Å². The maximum Gasteiger partial charge on any atom is 0.311 e. The van der Waals surface area contributed by atoms with E-state index in [-0.39, 0.29) is 24.6 Å². The highest BCUT2D eigenvalue weighted by atomic mass is 16.7. The van der Waals surface area contributed by atoms with Crippen LogP contribution in [-0.2, 0) is 19.1 Å². The van der Waals surface area contributed by atoms with Crippen LogP contribution in [0.25, 0.3) is 0 Å². The first-order valence-electron chi connectivity index (χ1n) is 5.62. The second-order valence-electron chi connectivity index (χ2n) is 3.96. The van der Waals surface area contributed by atoms with E-state index in [4.69, 9.17) is 14.6 Å². The second kappa shape index (κ2) is 6.48. The number of hydrogen-bond donors (Lipinski definition) is 1. The number of rotatable bonds is 5. The van der Waals surface area contributed by atoms with Crippen molar-refractivity contribution in [1.82, 2.24) is 0 Å². The molecule has 1 N–H and O–H groups in total. The number of carboxylic acids is 1. The van der Waals surface area contributed by atoms with Crippen LogP contribution in [0.1, 0.15) is 32.6 Å². The predicted molar refractivity (Wildman–Crippen MR) is 55.7 cm³/mol. The largest absolute Gasteiger partial charge is 0.481 e. The summed E-state index contributed by atoms with van der Waals surface area (Å²) in [6, 6.07) is 0. The summed E-state index contributed by atoms with van der Waals surface area (Å²) in [6.07, 6.45) is 2.32. The molecular weight excluding hydrogens is 212 g/mol. The van der Waals surface area contributed by atoms with Gasteiger partial charge in [-0.3, -0.25) is 9.59 Å². The van der Waals surface area contributed by atoms with Crippen molar-refractivity contribution in [3.63, 3.8) is 0 Å². The first-order valence-corrected chi connectivity index (χ1v) is 5.62. The van der Waals surface area contributed by atoms with E-state index in [2.05, 4.69) is 0 Å². The zero-order valence-electron chi connectivity index (χ0n) is 9.48. The van der Waals surface area contributed by atoms with Crippen LogP contribution < -0.4 is 0 Å². The molecule has 0 amide bonds. The third-order valence-electron chi connectivity index (χ3n) is 2.90. The number of carbonyl (C=O) groups excluding carboxylic acids is 1. The van der Waals surface area contributed by atoms with E-state index in [1.54, 1.807) is 0 Å². The summed E-state index contributed by atoms with van der Waals surface area (Å²) in [5.41, 5.74) is 0. The van der Waals surface area contributed by atoms with Crippen LogP contribution in [0.5, 0.6) is 0 Å². The van der Waals surface area contributed by atoms with Crippen LogP contribution in [0, 0.1) is 11.8 Å². The van der Waals surface area contributed by atoms with Crippen molar-refractivity contribution in [1.29, 1.82) is 0 Å². The number of carboxylic acid groups (broad SMARTS) is 1. The van der Waals surface area contributed by atoms with Crippen molar-refractivity contribution in [2.24, 2.45) is 11.8 Å². The summed E-state index contributed by atoms with van der Waals surface area (Å²) < 4.78 is 9.83. The summed E-state index contributed by atoms with van der Waals surface area (Å²) >= 11 is 0. The molecule has 5 heteroatoms. The molecule has 1 saturated carbocycles. The molecule has 0 unspecified atom stereocenters. The van der Waals surface area contributed by atoms with E-state index in [0.29, 0.717) is 32.3 Å². The van der Waals surface area contributed by atoms with Crippen LogP contribution in [0.2, 0.25) is 0 Å². The van der Waals surface area contributed by atoms with Crippen molar-refractivity contribution in [2.45, 2.75) is 32.6 Å². The van der Waals surface area contributed by atoms with Crippen molar-refractivity contribution in [3.05, 3.63) is 0 Å². The minimum absolute atomic E-state index is 0.00576. The molecule has 92 valence electrons. The van der Waals surface area contributed by atoms with Gasteiger partial charge in [-0.1, -0.05) is 0 Å². The molecule has 0 bridgehead atoms. The molecule has 1 fully saturated rings. The zero-order chi connectivity index (χ0) is 12.0. The molecule has 0 aromatic rings. The Morgan fingerprint density at radius 3 is 2.25 bits per heavy atom. The Bertz CT molecular complexity index is 243. The molecule has 0 radical (unpaired) electrons. The van der Waals surface area contributed by atoms with Crippen LogP contribution in [0.15, 0.2) is 0 Å². The molecule has 5 nitrogen and oxygen atoms in total. The summed E-state index contributed by atoms with van der Waals surface area (Å²) in [5.74, 6) is -1.48. The van der Waals surface area contributed by atoms with Crippen LogP contribution in [-0.4, -0.2) is 30.4 Å². The average Bonchev–Trinajstić information content (AvgIpc) is 2.29. The third kappa shape index (κ3) is 3.81. The smallest absolute Gasteiger partial charge is 0.311 e. The molecule has 16 heavy (non-hydrogen) atoms. The lowest BCUT2D eigenvalue weighted by Crippen LogP contribution is -2.27. The molecule has 0 atom stereocenters. The summed E-state index contributed by atoms with van der Waals surface area (Å²) in [6.45, 7) is 2.33. The highest BCUT2D eigenvalue weighted by Crippen LogP contribution is 2.29.